The normalized spacial score (nSPS) is 16.3. The van der Waals surface area contributed by atoms with Crippen molar-refractivity contribution in [3.63, 3.8) is 0 Å². The van der Waals surface area contributed by atoms with E-state index in [0.717, 1.165) is 0 Å². The summed E-state index contributed by atoms with van der Waals surface area (Å²) >= 11 is 0. The van der Waals surface area contributed by atoms with Gasteiger partial charge in [-0.2, -0.15) is 4.31 Å². The Hall–Kier alpha value is 0.520. The fraction of sp³-hybridized carbons (Fsp3) is 1.00. The van der Waals surface area contributed by atoms with Crippen molar-refractivity contribution < 1.29 is 65.0 Å². The molecule has 0 bridgehead atoms. The maximum Gasteiger partial charge on any atom is 0.487 e. The lowest BCUT2D eigenvalue weighted by molar-refractivity contribution is -0.929. The summed E-state index contributed by atoms with van der Waals surface area (Å²) in [6.45, 7) is 15.0. The quantitative estimate of drug-likeness (QED) is 0.115. The van der Waals surface area contributed by atoms with Gasteiger partial charge in [-0.05, 0) is 25.7 Å². The number of unbranched alkanes of at least 4 members (excludes halogenated alkanes) is 4. The van der Waals surface area contributed by atoms with Crippen LogP contribution in [0.2, 0.25) is 0 Å². The summed E-state index contributed by atoms with van der Waals surface area (Å²) in [5.74, 6) is 0. The molecule has 0 saturated heterocycles. The predicted octanol–water partition coefficient (Wildman–Crippen LogP) is 3.79. The van der Waals surface area contributed by atoms with Crippen molar-refractivity contribution in [3.05, 3.63) is 0 Å². The SMILES string of the molecule is CCCC[N+](CCCC)(CCCC)CCCC.O=P(O)(O)OP(=O)([O-])OP(=O)(O)OP(=O)(O)O. The van der Waals surface area contributed by atoms with Crippen LogP contribution in [0.5, 0.6) is 0 Å². The van der Waals surface area contributed by atoms with Crippen LogP contribution in [0.1, 0.15) is 79.1 Å². The Morgan fingerprint density at radius 2 is 0.882 bits per heavy atom. The molecule has 2 unspecified atom stereocenters. The molecule has 0 aromatic rings. The Kier molecular flexibility index (Phi) is 18.5. The molecule has 0 spiro atoms. The fourth-order valence-corrected chi connectivity index (χ4v) is 6.97. The maximum absolute atomic E-state index is 10.6. The molecule has 0 aromatic heterocycles. The molecule has 208 valence electrons. The van der Waals surface area contributed by atoms with E-state index in [4.69, 9.17) is 24.5 Å². The van der Waals surface area contributed by atoms with Gasteiger partial charge < -0.3 is 33.8 Å². The molecule has 0 heterocycles. The van der Waals surface area contributed by atoms with Crippen LogP contribution in [0.15, 0.2) is 0 Å². The number of hydrogen-bond donors (Lipinski definition) is 5. The van der Waals surface area contributed by atoms with Gasteiger partial charge in [0.2, 0.25) is 0 Å². The van der Waals surface area contributed by atoms with Crippen molar-refractivity contribution in [1.29, 1.82) is 0 Å². The summed E-state index contributed by atoms with van der Waals surface area (Å²) < 4.78 is 51.8. The summed E-state index contributed by atoms with van der Waals surface area (Å²) in [6.07, 6.45) is 11.1. The van der Waals surface area contributed by atoms with Crippen LogP contribution in [0.4, 0.5) is 0 Å². The standard InChI is InChI=1S/C16H36N.H6O13P4/c1-5-9-13-17(14-10-6-2,15-11-7-3)16-12-8-4;1-14(2,3)11-16(7,8)13-17(9,10)12-15(4,5)6/h5-16H2,1-4H3;(H,7,8)(H,9,10)(H2,1,2,3)(H2,4,5,6)/q+1;/p-1. The molecule has 0 aliphatic rings. The molecule has 14 nitrogen and oxygen atoms in total. The second kappa shape index (κ2) is 17.1. The molecule has 0 amide bonds. The molecular formula is C16H41NO13P4. The lowest BCUT2D eigenvalue weighted by Crippen LogP contribution is -2.50. The number of nitrogens with zero attached hydrogens (tertiary/aromatic N) is 1. The van der Waals surface area contributed by atoms with Crippen molar-refractivity contribution in [3.8, 4) is 0 Å². The smallest absolute Gasteiger partial charge is 0.487 e. The highest BCUT2D eigenvalue weighted by Crippen LogP contribution is 2.68. The largest absolute Gasteiger partial charge is 0.756 e. The molecule has 0 radical (unpaired) electrons. The van der Waals surface area contributed by atoms with Gasteiger partial charge in [0.25, 0.3) is 7.82 Å². The third-order valence-corrected chi connectivity index (χ3v) is 9.52. The average molecular weight is 579 g/mol. The molecule has 0 saturated carbocycles. The van der Waals surface area contributed by atoms with Crippen molar-refractivity contribution >= 4 is 31.3 Å². The van der Waals surface area contributed by atoms with E-state index in [-0.39, 0.29) is 0 Å². The molecule has 5 N–H and O–H groups in total. The van der Waals surface area contributed by atoms with Gasteiger partial charge in [0.1, 0.15) is 0 Å². The van der Waals surface area contributed by atoms with E-state index in [1.807, 2.05) is 0 Å². The molecule has 0 aliphatic carbocycles. The topological polar surface area (TPSA) is 220 Å². The predicted molar refractivity (Wildman–Crippen MR) is 124 cm³/mol. The summed E-state index contributed by atoms with van der Waals surface area (Å²) in [5.41, 5.74) is 0. The maximum atomic E-state index is 10.6. The van der Waals surface area contributed by atoms with Gasteiger partial charge in [0.15, 0.2) is 0 Å². The molecule has 0 rings (SSSR count). The highest BCUT2D eigenvalue weighted by atomic mass is 31.3. The number of rotatable bonds is 18. The van der Waals surface area contributed by atoms with Gasteiger partial charge >= 0.3 is 23.5 Å². The van der Waals surface area contributed by atoms with Crippen molar-refractivity contribution in [2.24, 2.45) is 0 Å². The van der Waals surface area contributed by atoms with Crippen LogP contribution >= 0.6 is 31.3 Å². The second-order valence-electron chi connectivity index (χ2n) is 7.79. The highest BCUT2D eigenvalue weighted by Gasteiger charge is 2.38. The third kappa shape index (κ3) is 21.8. The molecule has 0 aromatic carbocycles. The van der Waals surface area contributed by atoms with E-state index in [0.29, 0.717) is 0 Å². The third-order valence-electron chi connectivity index (χ3n) is 4.56. The zero-order valence-corrected chi connectivity index (χ0v) is 23.8. The van der Waals surface area contributed by atoms with Gasteiger partial charge in [0, 0.05) is 0 Å². The first-order valence-corrected chi connectivity index (χ1v) is 17.1. The van der Waals surface area contributed by atoms with Crippen LogP contribution in [0.25, 0.3) is 0 Å². The van der Waals surface area contributed by atoms with Gasteiger partial charge in [0.05, 0.1) is 26.2 Å². The molecule has 18 heteroatoms. The Balaban J connectivity index is 0. The average Bonchev–Trinajstić information content (AvgIpc) is 2.62. The lowest BCUT2D eigenvalue weighted by Gasteiger charge is -2.39. The molecule has 2 atom stereocenters. The van der Waals surface area contributed by atoms with Gasteiger partial charge in [-0.1, -0.05) is 53.4 Å². The molecule has 0 aliphatic heterocycles. The first-order valence-electron chi connectivity index (χ1n) is 11.1. The van der Waals surface area contributed by atoms with E-state index in [1.54, 1.807) is 0 Å². The fourth-order valence-electron chi connectivity index (χ4n) is 3.07. The zero-order valence-electron chi connectivity index (χ0n) is 20.2. The summed E-state index contributed by atoms with van der Waals surface area (Å²) in [4.78, 5) is 51.3. The van der Waals surface area contributed by atoms with Crippen LogP contribution in [0, 0.1) is 0 Å². The zero-order chi connectivity index (χ0) is 27.1. The van der Waals surface area contributed by atoms with Crippen LogP contribution in [0.3, 0.4) is 0 Å². The molecule has 0 fully saturated rings. The Labute approximate surface area is 201 Å². The minimum absolute atomic E-state index is 1.35. The second-order valence-corrected chi connectivity index (χ2v) is 13.5. The lowest BCUT2D eigenvalue weighted by atomic mass is 10.1. The van der Waals surface area contributed by atoms with Gasteiger partial charge in [-0.3, -0.25) is 4.57 Å². The minimum Gasteiger partial charge on any atom is -0.756 e. The first kappa shape index (κ1) is 36.7. The Bertz CT molecular complexity index is 659. The van der Waals surface area contributed by atoms with Crippen molar-refractivity contribution in [1.82, 2.24) is 0 Å². The number of quaternary nitrogens is 1. The van der Waals surface area contributed by atoms with E-state index < -0.39 is 31.3 Å². The van der Waals surface area contributed by atoms with Crippen LogP contribution in [-0.2, 0) is 31.2 Å². The van der Waals surface area contributed by atoms with Crippen LogP contribution < -0.4 is 4.89 Å². The van der Waals surface area contributed by atoms with E-state index in [1.165, 1.54) is 82.0 Å². The molecule has 34 heavy (non-hydrogen) atoms. The van der Waals surface area contributed by atoms with E-state index in [2.05, 4.69) is 40.6 Å². The Morgan fingerprint density at radius 1 is 0.588 bits per heavy atom. The van der Waals surface area contributed by atoms with Crippen molar-refractivity contribution in [2.45, 2.75) is 79.1 Å². The summed E-state index contributed by atoms with van der Waals surface area (Å²) in [5, 5.41) is 0. The van der Waals surface area contributed by atoms with Gasteiger partial charge in [-0.15, -0.1) is 0 Å². The molecular weight excluding hydrogens is 538 g/mol. The van der Waals surface area contributed by atoms with E-state index in [9.17, 15) is 23.2 Å². The Morgan fingerprint density at radius 3 is 1.12 bits per heavy atom. The first-order chi connectivity index (χ1) is 15.4. The van der Waals surface area contributed by atoms with Crippen molar-refractivity contribution in [2.75, 3.05) is 26.2 Å². The summed E-state index contributed by atoms with van der Waals surface area (Å²) in [6, 6.07) is 0. The van der Waals surface area contributed by atoms with Gasteiger partial charge in [-0.25, -0.2) is 22.3 Å². The summed E-state index contributed by atoms with van der Waals surface area (Å²) in [7, 11) is -23.0. The minimum atomic E-state index is -6.02. The number of phosphoric acid groups is 4. The monoisotopic (exact) mass is 579 g/mol. The van der Waals surface area contributed by atoms with E-state index >= 15 is 0 Å². The highest BCUT2D eigenvalue weighted by molar-refractivity contribution is 7.68. The van der Waals surface area contributed by atoms with Crippen LogP contribution in [-0.4, -0.2) is 55.1 Å². The number of hydrogen-bond acceptors (Lipinski definition) is 8.